The summed E-state index contributed by atoms with van der Waals surface area (Å²) in [6.07, 6.45) is -0.175. The highest BCUT2D eigenvalue weighted by Gasteiger charge is 2.29. The molecule has 4 rings (SSSR count). The van der Waals surface area contributed by atoms with Crippen LogP contribution in [0.15, 0.2) is 53.1 Å². The lowest BCUT2D eigenvalue weighted by Crippen LogP contribution is -2.37. The fourth-order valence-electron chi connectivity index (χ4n) is 4.36. The van der Waals surface area contributed by atoms with Gasteiger partial charge in [0, 0.05) is 31.7 Å². The molecule has 1 amide bonds. The van der Waals surface area contributed by atoms with Gasteiger partial charge in [-0.25, -0.2) is 0 Å². The Balaban J connectivity index is 1.52. The van der Waals surface area contributed by atoms with Crippen molar-refractivity contribution in [2.75, 3.05) is 33.9 Å². The normalized spacial score (nSPS) is 16.9. The van der Waals surface area contributed by atoms with Crippen LogP contribution >= 0.6 is 0 Å². The monoisotopic (exact) mass is 479 g/mol. The zero-order chi connectivity index (χ0) is 24.8. The number of aromatic nitrogens is 1. The van der Waals surface area contributed by atoms with Gasteiger partial charge in [-0.15, -0.1) is 0 Å². The van der Waals surface area contributed by atoms with Gasteiger partial charge in [-0.2, -0.15) is 0 Å². The van der Waals surface area contributed by atoms with E-state index in [0.717, 1.165) is 39.6 Å². The number of ether oxygens (including phenoxy) is 3. The van der Waals surface area contributed by atoms with Crippen LogP contribution < -0.4 is 9.47 Å². The van der Waals surface area contributed by atoms with E-state index in [1.807, 2.05) is 67.3 Å². The van der Waals surface area contributed by atoms with E-state index < -0.39 is 0 Å². The summed E-state index contributed by atoms with van der Waals surface area (Å²) >= 11 is 0. The summed E-state index contributed by atoms with van der Waals surface area (Å²) < 4.78 is 22.4. The van der Waals surface area contributed by atoms with Crippen LogP contribution in [0.1, 0.15) is 28.1 Å². The fourth-order valence-corrected chi connectivity index (χ4v) is 4.36. The van der Waals surface area contributed by atoms with Crippen molar-refractivity contribution < 1.29 is 23.5 Å². The third-order valence-electron chi connectivity index (χ3n) is 6.29. The van der Waals surface area contributed by atoms with Gasteiger partial charge in [-0.05, 0) is 49.2 Å². The maximum atomic E-state index is 13.3. The predicted molar refractivity (Wildman–Crippen MR) is 131 cm³/mol. The van der Waals surface area contributed by atoms with Crippen molar-refractivity contribution in [2.45, 2.75) is 39.6 Å². The summed E-state index contributed by atoms with van der Waals surface area (Å²) in [5.41, 5.74) is 3.89. The zero-order valence-electron chi connectivity index (χ0n) is 20.8. The topological polar surface area (TPSA) is 77.3 Å². The van der Waals surface area contributed by atoms with E-state index in [4.69, 9.17) is 18.7 Å². The Morgan fingerprint density at radius 1 is 0.971 bits per heavy atom. The lowest BCUT2D eigenvalue weighted by molar-refractivity contribution is -0.132. The molecular formula is C27H33N3O5. The highest BCUT2D eigenvalue weighted by molar-refractivity contribution is 5.78. The molecule has 1 atom stereocenters. The average Bonchev–Trinajstić information content (AvgIpc) is 3.10. The number of benzene rings is 2. The molecule has 1 aliphatic rings. The van der Waals surface area contributed by atoms with Crippen molar-refractivity contribution in [2.24, 2.45) is 0 Å². The summed E-state index contributed by atoms with van der Waals surface area (Å²) in [4.78, 5) is 17.3. The van der Waals surface area contributed by atoms with Crippen LogP contribution in [-0.2, 0) is 29.2 Å². The Morgan fingerprint density at radius 2 is 1.63 bits per heavy atom. The molecule has 1 saturated heterocycles. The summed E-state index contributed by atoms with van der Waals surface area (Å²) in [7, 11) is 3.30. The van der Waals surface area contributed by atoms with Gasteiger partial charge in [0.15, 0.2) is 0 Å². The lowest BCUT2D eigenvalue weighted by Gasteiger charge is -2.25. The van der Waals surface area contributed by atoms with Crippen molar-refractivity contribution >= 4 is 5.91 Å². The number of hydrogen-bond acceptors (Lipinski definition) is 7. The molecule has 35 heavy (non-hydrogen) atoms. The predicted octanol–water partition coefficient (Wildman–Crippen LogP) is 3.74. The first-order chi connectivity index (χ1) is 16.9. The van der Waals surface area contributed by atoms with Crippen molar-refractivity contribution in [3.63, 3.8) is 0 Å². The smallest absolute Gasteiger partial charge is 0.237 e. The van der Waals surface area contributed by atoms with E-state index in [2.05, 4.69) is 10.1 Å². The summed E-state index contributed by atoms with van der Waals surface area (Å²) in [6, 6.07) is 15.8. The molecule has 0 saturated carbocycles. The molecule has 1 aliphatic heterocycles. The Morgan fingerprint density at radius 3 is 2.23 bits per heavy atom. The van der Waals surface area contributed by atoms with Crippen molar-refractivity contribution in [3.8, 4) is 11.5 Å². The lowest BCUT2D eigenvalue weighted by atomic mass is 10.2. The molecule has 8 nitrogen and oxygen atoms in total. The molecule has 0 aliphatic carbocycles. The molecule has 0 radical (unpaired) electrons. The number of rotatable bonds is 9. The van der Waals surface area contributed by atoms with Gasteiger partial charge in [0.05, 0.1) is 39.2 Å². The number of nitrogens with zero attached hydrogens (tertiary/aromatic N) is 3. The molecular weight excluding hydrogens is 446 g/mol. The van der Waals surface area contributed by atoms with E-state index in [0.29, 0.717) is 39.3 Å². The number of hydrogen-bond donors (Lipinski definition) is 0. The second-order valence-electron chi connectivity index (χ2n) is 8.88. The van der Waals surface area contributed by atoms with Gasteiger partial charge in [-0.3, -0.25) is 9.69 Å². The summed E-state index contributed by atoms with van der Waals surface area (Å²) in [6.45, 7) is 6.74. The minimum absolute atomic E-state index is 0.0687. The highest BCUT2D eigenvalue weighted by atomic mass is 16.5. The van der Waals surface area contributed by atoms with Crippen LogP contribution in [0.4, 0.5) is 0 Å². The Labute approximate surface area is 206 Å². The number of carbonyl (C=O) groups is 1. The zero-order valence-corrected chi connectivity index (χ0v) is 20.8. The second-order valence-corrected chi connectivity index (χ2v) is 8.88. The van der Waals surface area contributed by atoms with Crippen LogP contribution in [0, 0.1) is 13.8 Å². The Bertz CT molecular complexity index is 1130. The maximum Gasteiger partial charge on any atom is 0.237 e. The van der Waals surface area contributed by atoms with Crippen molar-refractivity contribution in [1.29, 1.82) is 0 Å². The molecule has 0 N–H and O–H groups in total. The van der Waals surface area contributed by atoms with E-state index in [1.165, 1.54) is 0 Å². The van der Waals surface area contributed by atoms with Gasteiger partial charge < -0.3 is 23.6 Å². The number of methoxy groups -OCH3 is 2. The van der Waals surface area contributed by atoms with Crippen LogP contribution in [0.5, 0.6) is 11.5 Å². The van der Waals surface area contributed by atoms with Crippen LogP contribution in [0.25, 0.3) is 0 Å². The summed E-state index contributed by atoms with van der Waals surface area (Å²) in [5.74, 6) is 2.40. The SMILES string of the molecule is COc1cccc(CN2CC(=O)N(Cc3cccc(OC)c3)CC(OCc3c(C)noc3C)C2)c1. The molecule has 2 heterocycles. The molecule has 3 aromatic rings. The molecule has 0 bridgehead atoms. The molecule has 186 valence electrons. The van der Waals surface area contributed by atoms with Crippen molar-refractivity contribution in [3.05, 3.63) is 76.7 Å². The molecule has 0 spiro atoms. The van der Waals surface area contributed by atoms with Gasteiger partial charge in [0.25, 0.3) is 0 Å². The second kappa shape index (κ2) is 11.4. The molecule has 1 unspecified atom stereocenters. The third-order valence-corrected chi connectivity index (χ3v) is 6.29. The Kier molecular flexibility index (Phi) is 8.05. The molecule has 2 aromatic carbocycles. The quantitative estimate of drug-likeness (QED) is 0.463. The molecule has 8 heteroatoms. The van der Waals surface area contributed by atoms with Gasteiger partial charge in [0.2, 0.25) is 5.91 Å². The minimum Gasteiger partial charge on any atom is -0.497 e. The largest absolute Gasteiger partial charge is 0.497 e. The number of aryl methyl sites for hydroxylation is 2. The first-order valence-electron chi connectivity index (χ1n) is 11.7. The van der Waals surface area contributed by atoms with Gasteiger partial charge in [-0.1, -0.05) is 29.4 Å². The molecule has 1 aromatic heterocycles. The summed E-state index contributed by atoms with van der Waals surface area (Å²) in [5, 5.41) is 4.03. The number of amides is 1. The highest BCUT2D eigenvalue weighted by Crippen LogP contribution is 2.21. The average molecular weight is 480 g/mol. The van der Waals surface area contributed by atoms with Crippen LogP contribution in [0.2, 0.25) is 0 Å². The van der Waals surface area contributed by atoms with Crippen LogP contribution in [0.3, 0.4) is 0 Å². The van der Waals surface area contributed by atoms with E-state index in [9.17, 15) is 4.79 Å². The third kappa shape index (κ3) is 6.41. The first-order valence-corrected chi connectivity index (χ1v) is 11.7. The van der Waals surface area contributed by atoms with Crippen molar-refractivity contribution in [1.82, 2.24) is 15.0 Å². The van der Waals surface area contributed by atoms with E-state index in [1.54, 1.807) is 14.2 Å². The minimum atomic E-state index is -0.175. The fraction of sp³-hybridized carbons (Fsp3) is 0.407. The standard InChI is InChI=1S/C27H33N3O5/c1-19-26(20(2)35-28-19)18-34-25-15-29(13-21-7-5-9-23(11-21)32-3)17-27(31)30(16-25)14-22-8-6-10-24(12-22)33-4/h5-12,25H,13-18H2,1-4H3. The number of carbonyl (C=O) groups excluding carboxylic acids is 1. The van der Waals surface area contributed by atoms with E-state index >= 15 is 0 Å². The van der Waals surface area contributed by atoms with Gasteiger partial charge in [0.1, 0.15) is 17.3 Å². The molecule has 1 fully saturated rings. The first kappa shape index (κ1) is 24.8. The maximum absolute atomic E-state index is 13.3. The van der Waals surface area contributed by atoms with E-state index in [-0.39, 0.29) is 12.0 Å². The Hall–Kier alpha value is -3.36. The van der Waals surface area contributed by atoms with Gasteiger partial charge >= 0.3 is 0 Å². The van der Waals surface area contributed by atoms with Crippen LogP contribution in [-0.4, -0.2) is 60.8 Å².